The van der Waals surface area contributed by atoms with Crippen LogP contribution in [0.3, 0.4) is 0 Å². The first-order chi connectivity index (χ1) is 9.55. The molecule has 1 saturated heterocycles. The molecule has 1 aliphatic heterocycles. The van der Waals surface area contributed by atoms with Crippen LogP contribution in [0.25, 0.3) is 0 Å². The molecule has 3 fully saturated rings. The van der Waals surface area contributed by atoms with Crippen LogP contribution in [0.2, 0.25) is 0 Å². The molecular weight excluding hydrogens is 268 g/mol. The second-order valence-electron chi connectivity index (χ2n) is 7.95. The van der Waals surface area contributed by atoms with E-state index < -0.39 is 22.2 Å². The van der Waals surface area contributed by atoms with Crippen LogP contribution in [-0.2, 0) is 19.1 Å². The van der Waals surface area contributed by atoms with Gasteiger partial charge in [0, 0.05) is 6.61 Å². The average molecular weight is 294 g/mol. The molecule has 0 aromatic heterocycles. The normalized spacial score (nSPS) is 51.3. The molecule has 1 heterocycles. The molecule has 2 saturated carbocycles. The molecule has 0 aromatic carbocycles. The van der Waals surface area contributed by atoms with E-state index in [-0.39, 0.29) is 29.8 Å². The van der Waals surface area contributed by atoms with Gasteiger partial charge in [-0.15, -0.1) is 0 Å². The number of fused-ring (bicyclic) bond motifs is 2. The van der Waals surface area contributed by atoms with Gasteiger partial charge in [-0.1, -0.05) is 6.92 Å². The zero-order valence-electron chi connectivity index (χ0n) is 13.9. The Labute approximate surface area is 126 Å². The third-order valence-electron chi connectivity index (χ3n) is 6.61. The lowest BCUT2D eigenvalue weighted by Crippen LogP contribution is -2.78. The fourth-order valence-electron chi connectivity index (χ4n) is 5.20. The van der Waals surface area contributed by atoms with Crippen LogP contribution in [0.4, 0.5) is 0 Å². The second-order valence-corrected chi connectivity index (χ2v) is 7.95. The summed E-state index contributed by atoms with van der Waals surface area (Å²) in [6.45, 7) is 12.3. The first kappa shape index (κ1) is 15.2. The molecule has 5 atom stereocenters. The van der Waals surface area contributed by atoms with Crippen molar-refractivity contribution in [2.75, 3.05) is 6.61 Å². The van der Waals surface area contributed by atoms with E-state index in [9.17, 15) is 9.59 Å². The highest BCUT2D eigenvalue weighted by atomic mass is 16.7. The van der Waals surface area contributed by atoms with Crippen molar-refractivity contribution < 1.29 is 19.1 Å². The Kier molecular flexibility index (Phi) is 2.86. The third kappa shape index (κ3) is 1.48. The van der Waals surface area contributed by atoms with Gasteiger partial charge in [0.2, 0.25) is 0 Å². The van der Waals surface area contributed by atoms with Crippen molar-refractivity contribution in [3.63, 3.8) is 0 Å². The lowest BCUT2D eigenvalue weighted by Gasteiger charge is -2.68. The highest BCUT2D eigenvalue weighted by molar-refractivity contribution is 6.13. The summed E-state index contributed by atoms with van der Waals surface area (Å²) in [5, 5.41) is 0. The van der Waals surface area contributed by atoms with Gasteiger partial charge in [-0.3, -0.25) is 9.59 Å². The summed E-state index contributed by atoms with van der Waals surface area (Å²) in [6.07, 6.45) is 0.775. The van der Waals surface area contributed by atoms with Crippen LogP contribution >= 0.6 is 0 Å². The Morgan fingerprint density at radius 1 is 1.24 bits per heavy atom. The minimum atomic E-state index is -1.10. The Balaban J connectivity index is 2.26. The molecule has 0 aromatic rings. The fourth-order valence-corrected chi connectivity index (χ4v) is 5.20. The molecule has 3 bridgehead atoms. The molecule has 3 rings (SSSR count). The summed E-state index contributed by atoms with van der Waals surface area (Å²) in [4.78, 5) is 25.9. The van der Waals surface area contributed by atoms with Gasteiger partial charge >= 0.3 is 0 Å². The van der Waals surface area contributed by atoms with Crippen molar-refractivity contribution in [1.29, 1.82) is 0 Å². The van der Waals surface area contributed by atoms with Crippen molar-refractivity contribution in [3.8, 4) is 0 Å². The maximum Gasteiger partial charge on any atom is 0.188 e. The number of hydrogen-bond donors (Lipinski definition) is 0. The van der Waals surface area contributed by atoms with Crippen molar-refractivity contribution >= 4 is 11.6 Å². The molecule has 0 unspecified atom stereocenters. The van der Waals surface area contributed by atoms with Crippen LogP contribution in [0.5, 0.6) is 0 Å². The summed E-state index contributed by atoms with van der Waals surface area (Å²) >= 11 is 0. The number of carbonyl (C=O) groups excluding carboxylic acids is 2. The van der Waals surface area contributed by atoms with E-state index in [4.69, 9.17) is 9.47 Å². The van der Waals surface area contributed by atoms with Gasteiger partial charge in [-0.25, -0.2) is 0 Å². The van der Waals surface area contributed by atoms with Gasteiger partial charge in [0.25, 0.3) is 0 Å². The topological polar surface area (TPSA) is 52.6 Å². The van der Waals surface area contributed by atoms with E-state index in [0.29, 0.717) is 13.0 Å². The van der Waals surface area contributed by atoms with Crippen molar-refractivity contribution in [2.45, 2.75) is 65.8 Å². The Morgan fingerprint density at radius 3 is 2.43 bits per heavy atom. The fraction of sp³-hybridized carbons (Fsp3) is 0.882. The molecule has 4 heteroatoms. The zero-order valence-corrected chi connectivity index (χ0v) is 13.9. The molecule has 4 nitrogen and oxygen atoms in total. The van der Waals surface area contributed by atoms with E-state index in [1.54, 1.807) is 0 Å². The average Bonchev–Trinajstić information content (AvgIpc) is 2.37. The summed E-state index contributed by atoms with van der Waals surface area (Å²) in [5.41, 5.74) is -2.01. The van der Waals surface area contributed by atoms with Gasteiger partial charge < -0.3 is 9.47 Å². The molecule has 0 spiro atoms. The van der Waals surface area contributed by atoms with Crippen LogP contribution in [0.1, 0.15) is 54.4 Å². The molecular formula is C17H26O4. The first-order valence-corrected chi connectivity index (χ1v) is 7.97. The van der Waals surface area contributed by atoms with Crippen LogP contribution in [0, 0.1) is 22.7 Å². The molecule has 118 valence electrons. The number of hydrogen-bond acceptors (Lipinski definition) is 4. The van der Waals surface area contributed by atoms with Crippen LogP contribution in [0.15, 0.2) is 0 Å². The van der Waals surface area contributed by atoms with Crippen molar-refractivity contribution in [2.24, 2.45) is 22.7 Å². The van der Waals surface area contributed by atoms with Crippen molar-refractivity contribution in [1.82, 2.24) is 0 Å². The molecule has 3 aliphatic rings. The summed E-state index contributed by atoms with van der Waals surface area (Å²) in [5.74, 6) is -0.788. The number of ketones is 2. The maximum absolute atomic E-state index is 13.2. The second kappa shape index (κ2) is 3.96. The number of rotatable bonds is 2. The monoisotopic (exact) mass is 294 g/mol. The van der Waals surface area contributed by atoms with E-state index in [0.717, 1.165) is 0 Å². The molecule has 21 heavy (non-hydrogen) atoms. The predicted octanol–water partition coefficient (Wildman–Crippen LogP) is 2.74. The summed E-state index contributed by atoms with van der Waals surface area (Å²) in [7, 11) is 0. The minimum Gasteiger partial charge on any atom is -0.349 e. The van der Waals surface area contributed by atoms with Gasteiger partial charge in [-0.05, 0) is 52.9 Å². The molecule has 0 amide bonds. The van der Waals surface area contributed by atoms with Crippen LogP contribution < -0.4 is 0 Å². The summed E-state index contributed by atoms with van der Waals surface area (Å²) in [6, 6.07) is 0. The van der Waals surface area contributed by atoms with E-state index in [1.165, 1.54) is 0 Å². The quantitative estimate of drug-likeness (QED) is 0.735. The number of Topliss-reactive ketones (excluding diaryl/α,β-unsaturated/α-hetero) is 2. The first-order valence-electron chi connectivity index (χ1n) is 7.97. The Hall–Kier alpha value is -0.740. The summed E-state index contributed by atoms with van der Waals surface area (Å²) < 4.78 is 12.3. The maximum atomic E-state index is 13.2. The minimum absolute atomic E-state index is 0.0129. The Bertz CT molecular complexity index is 525. The van der Waals surface area contributed by atoms with Gasteiger partial charge in [-0.2, -0.15) is 0 Å². The third-order valence-corrected chi connectivity index (χ3v) is 6.61. The molecule has 2 aliphatic carbocycles. The number of ether oxygens (including phenoxy) is 2. The zero-order chi connectivity index (χ0) is 15.8. The molecule has 0 radical (unpaired) electrons. The smallest absolute Gasteiger partial charge is 0.188 e. The van der Waals surface area contributed by atoms with E-state index in [2.05, 4.69) is 20.8 Å². The highest BCUT2D eigenvalue weighted by Crippen LogP contribution is 2.67. The van der Waals surface area contributed by atoms with E-state index in [1.807, 2.05) is 20.8 Å². The Morgan fingerprint density at radius 2 is 1.86 bits per heavy atom. The highest BCUT2D eigenvalue weighted by Gasteiger charge is 2.77. The largest absolute Gasteiger partial charge is 0.349 e. The van der Waals surface area contributed by atoms with Gasteiger partial charge in [0.1, 0.15) is 0 Å². The predicted molar refractivity (Wildman–Crippen MR) is 77.6 cm³/mol. The lowest BCUT2D eigenvalue weighted by molar-refractivity contribution is -0.389. The van der Waals surface area contributed by atoms with Gasteiger partial charge in [0.15, 0.2) is 17.4 Å². The number of carbonyl (C=O) groups is 2. The van der Waals surface area contributed by atoms with E-state index >= 15 is 0 Å². The standard InChI is InChI=1S/C17H26O4/c1-7-20-17-9-12(18)15(5)8-11(14(3,4)21-17)10(2)16(17,6)13(15)19/h10-11H,7-9H2,1-6H3/t10-,11+,15+,16+,17-/m1/s1. The van der Waals surface area contributed by atoms with Crippen molar-refractivity contribution in [3.05, 3.63) is 0 Å². The van der Waals surface area contributed by atoms with Gasteiger partial charge in [0.05, 0.1) is 22.9 Å². The lowest BCUT2D eigenvalue weighted by atomic mass is 9.42. The SMILES string of the molecule is CCO[C@@]12CC(=O)[C@]3(C)C[C@@H]([C@@H](C)[C@@]1(C)C3=O)C(C)(C)O2. The van der Waals surface area contributed by atoms with Crippen LogP contribution in [-0.4, -0.2) is 29.6 Å². The molecule has 0 N–H and O–H groups in total.